The van der Waals surface area contributed by atoms with Gasteiger partial charge >= 0.3 is 18.5 Å². The normalized spacial score (nSPS) is 24.0. The van der Waals surface area contributed by atoms with Gasteiger partial charge < -0.3 is 15.5 Å². The predicted molar refractivity (Wildman–Crippen MR) is 289 cm³/mol. The second kappa shape index (κ2) is 34.1. The molecule has 0 atom stereocenters. The molecule has 5 rings (SSSR count). The van der Waals surface area contributed by atoms with Crippen LogP contribution in [0.1, 0.15) is 170 Å². The second-order valence-electron chi connectivity index (χ2n) is 24.2. The van der Waals surface area contributed by atoms with Crippen molar-refractivity contribution >= 4 is 27.7 Å². The predicted octanol–water partition coefficient (Wildman–Crippen LogP) is 14.1. The Morgan fingerprint density at radius 3 is 1.28 bits per heavy atom. The molecule has 0 aromatic heterocycles. The van der Waals surface area contributed by atoms with Crippen LogP contribution >= 0.6 is 0 Å². The van der Waals surface area contributed by atoms with Crippen LogP contribution in [-0.2, 0) is 30.8 Å². The minimum Gasteiger partial charge on any atom is -0.356 e. The summed E-state index contributed by atoms with van der Waals surface area (Å²) in [6.45, 7) is 14.4. The third-order valence-corrected chi connectivity index (χ3v) is 17.9. The van der Waals surface area contributed by atoms with Gasteiger partial charge in [0.15, 0.2) is 0 Å². The molecular formula is C58H93F10N5O5S. The van der Waals surface area contributed by atoms with E-state index < -0.39 is 66.4 Å². The van der Waals surface area contributed by atoms with Crippen molar-refractivity contribution in [3.8, 4) is 6.07 Å². The zero-order chi connectivity index (χ0) is 59.9. The largest absolute Gasteiger partial charge is 0.406 e. The molecule has 0 unspecified atom stereocenters. The summed E-state index contributed by atoms with van der Waals surface area (Å²) in [7, 11) is -3.81. The molecule has 4 aliphatic carbocycles. The van der Waals surface area contributed by atoms with Crippen molar-refractivity contribution in [2.75, 3.05) is 45.5 Å². The molecule has 10 nitrogen and oxygen atoms in total. The maximum absolute atomic E-state index is 12.8. The van der Waals surface area contributed by atoms with Gasteiger partial charge in [-0.25, -0.2) is 12.8 Å². The topological polar surface area (TPSA) is 140 Å². The SMILES string of the molecule is CC(C)C1CCC(C(=O)NCC(F)(F)F)CC1.CC(C)C1CCC(C(=O)NCCc2ccc(F)cc2)CC1.CC(C)C1CCC(CN(CC(F)(F)F)C(=O)CC#N)CC1.CC(C)C1CCC(CN(CC(F)(F)F)S(C)(=O)=O)CC1. The van der Waals surface area contributed by atoms with Gasteiger partial charge in [-0.2, -0.15) is 49.1 Å². The number of amides is 3. The monoisotopic (exact) mass is 1160 g/mol. The molecule has 1 aromatic carbocycles. The van der Waals surface area contributed by atoms with E-state index in [2.05, 4.69) is 60.7 Å². The summed E-state index contributed by atoms with van der Waals surface area (Å²) in [6, 6.07) is 8.11. The Balaban J connectivity index is 0.000000361. The first-order chi connectivity index (χ1) is 36.6. The number of carbonyl (C=O) groups excluding carboxylic acids is 3. The zero-order valence-electron chi connectivity index (χ0n) is 48.3. The Hall–Kier alpha value is -3.67. The number of alkyl halides is 9. The molecular weight excluding hydrogens is 1070 g/mol. The van der Waals surface area contributed by atoms with E-state index in [4.69, 9.17) is 5.26 Å². The van der Waals surface area contributed by atoms with Gasteiger partial charge in [0.2, 0.25) is 27.7 Å². The molecule has 4 aliphatic rings. The smallest absolute Gasteiger partial charge is 0.356 e. The minimum atomic E-state index is -4.49. The maximum atomic E-state index is 12.8. The highest BCUT2D eigenvalue weighted by atomic mass is 32.2. The number of nitrogens with one attached hydrogen (secondary N) is 2. The first-order valence-corrected chi connectivity index (χ1v) is 30.5. The zero-order valence-corrected chi connectivity index (χ0v) is 49.1. The first-order valence-electron chi connectivity index (χ1n) is 28.7. The van der Waals surface area contributed by atoms with E-state index in [0.717, 1.165) is 112 Å². The van der Waals surface area contributed by atoms with Crippen LogP contribution < -0.4 is 10.6 Å². The van der Waals surface area contributed by atoms with Crippen LogP contribution in [0.25, 0.3) is 0 Å². The van der Waals surface area contributed by atoms with Crippen LogP contribution in [0.15, 0.2) is 24.3 Å². The fraction of sp³-hybridized carbons (Fsp3) is 0.828. The maximum Gasteiger partial charge on any atom is 0.406 e. The third kappa shape index (κ3) is 30.3. The van der Waals surface area contributed by atoms with Crippen LogP contribution in [0.3, 0.4) is 0 Å². The highest BCUT2D eigenvalue weighted by Gasteiger charge is 2.38. The number of halogens is 10. The molecule has 0 spiro atoms. The van der Waals surface area contributed by atoms with Crippen molar-refractivity contribution in [1.82, 2.24) is 19.8 Å². The number of sulfonamides is 1. The summed E-state index contributed by atoms with van der Waals surface area (Å²) in [5.41, 5.74) is 1.06. The van der Waals surface area contributed by atoms with E-state index in [1.165, 1.54) is 25.0 Å². The molecule has 21 heteroatoms. The molecule has 1 aromatic rings. The van der Waals surface area contributed by atoms with Gasteiger partial charge in [0.1, 0.15) is 31.9 Å². The molecule has 4 saturated carbocycles. The molecule has 0 heterocycles. The summed E-state index contributed by atoms with van der Waals surface area (Å²) in [4.78, 5) is 36.1. The van der Waals surface area contributed by atoms with Gasteiger partial charge in [-0.1, -0.05) is 67.5 Å². The highest BCUT2D eigenvalue weighted by Crippen LogP contribution is 2.37. The minimum absolute atomic E-state index is 0.0108. The molecule has 0 radical (unpaired) electrons. The van der Waals surface area contributed by atoms with E-state index in [1.807, 2.05) is 5.32 Å². The van der Waals surface area contributed by atoms with Crippen LogP contribution in [-0.4, -0.2) is 99.4 Å². The summed E-state index contributed by atoms with van der Waals surface area (Å²) in [6.07, 6.45) is 2.92. The van der Waals surface area contributed by atoms with Gasteiger partial charge in [-0.3, -0.25) is 14.4 Å². The number of nitriles is 1. The first kappa shape index (κ1) is 71.4. The van der Waals surface area contributed by atoms with Crippen molar-refractivity contribution in [3.05, 3.63) is 35.6 Å². The standard InChI is InChI=1S/C18H26FNO.C15H23F3N2O.C13H24F3NO2S.C12H20F3NO/c1-13(2)15-5-7-16(8-6-15)18(21)20-12-11-14-3-9-17(19)10-4-14;1-11(2)13-5-3-12(4-6-13)9-20(10-15(16,17)18)14(21)7-8-19;1-10(2)12-6-4-11(5-7-12)8-17(20(3,18)19)9-13(14,15)16;1-8(2)9-3-5-10(6-4-9)11(17)16-7-12(13,14)15/h3-4,9-10,13,15-16H,5-8,11-12H2,1-2H3,(H,20,21);11-13H,3-7,9-10H2,1-2H3;10-12H,4-9H2,1-3H3;8-10H,3-7H2,1-2H3,(H,16,17). The van der Waals surface area contributed by atoms with E-state index in [9.17, 15) is 66.7 Å². The Morgan fingerprint density at radius 1 is 0.570 bits per heavy atom. The molecule has 4 fully saturated rings. The quantitative estimate of drug-likeness (QED) is 0.140. The van der Waals surface area contributed by atoms with Crippen LogP contribution in [0, 0.1) is 88.2 Å². The number of nitrogens with zero attached hydrogens (tertiary/aromatic N) is 3. The fourth-order valence-corrected chi connectivity index (χ4v) is 12.3. The molecule has 0 bridgehead atoms. The Morgan fingerprint density at radius 2 is 0.937 bits per heavy atom. The number of benzene rings is 1. The Bertz CT molecular complexity index is 2060. The lowest BCUT2D eigenvalue weighted by Crippen LogP contribution is -2.42. The van der Waals surface area contributed by atoms with Crippen molar-refractivity contribution in [1.29, 1.82) is 5.26 Å². The summed E-state index contributed by atoms with van der Waals surface area (Å²) < 4.78 is 147. The lowest BCUT2D eigenvalue weighted by atomic mass is 9.77. The summed E-state index contributed by atoms with van der Waals surface area (Å²) >= 11 is 0. The number of rotatable bonds is 18. The Kier molecular flexibility index (Phi) is 30.8. The van der Waals surface area contributed by atoms with Gasteiger partial charge in [0, 0.05) is 31.5 Å². The van der Waals surface area contributed by atoms with E-state index in [0.29, 0.717) is 59.2 Å². The second-order valence-corrected chi connectivity index (χ2v) is 26.1. The molecule has 0 aliphatic heterocycles. The molecule has 2 N–H and O–H groups in total. The van der Waals surface area contributed by atoms with Gasteiger partial charge in [0.25, 0.3) is 0 Å². The van der Waals surface area contributed by atoms with Crippen molar-refractivity contribution in [3.63, 3.8) is 0 Å². The van der Waals surface area contributed by atoms with Crippen molar-refractivity contribution < 1.29 is 66.7 Å². The average Bonchev–Trinajstić information content (AvgIpc) is 3.35. The summed E-state index contributed by atoms with van der Waals surface area (Å²) in [5.74, 6) is 4.07. The molecule has 3 amide bonds. The van der Waals surface area contributed by atoms with E-state index >= 15 is 0 Å². The van der Waals surface area contributed by atoms with Gasteiger partial charge in [-0.15, -0.1) is 0 Å². The molecule has 0 saturated heterocycles. The highest BCUT2D eigenvalue weighted by molar-refractivity contribution is 7.88. The van der Waals surface area contributed by atoms with Gasteiger partial charge in [0.05, 0.1) is 12.3 Å². The van der Waals surface area contributed by atoms with Crippen LogP contribution in [0.5, 0.6) is 0 Å². The fourth-order valence-electron chi connectivity index (χ4n) is 11.4. The third-order valence-electron chi connectivity index (χ3n) is 16.6. The number of hydrogen-bond donors (Lipinski definition) is 2. The number of carbonyl (C=O) groups is 3. The lowest BCUT2D eigenvalue weighted by Gasteiger charge is -2.34. The van der Waals surface area contributed by atoms with Crippen molar-refractivity contribution in [2.24, 2.45) is 71.0 Å². The molecule has 456 valence electrons. The van der Waals surface area contributed by atoms with Crippen LogP contribution in [0.2, 0.25) is 0 Å². The summed E-state index contributed by atoms with van der Waals surface area (Å²) in [5, 5.41) is 13.5. The molecule has 79 heavy (non-hydrogen) atoms. The van der Waals surface area contributed by atoms with E-state index in [1.54, 1.807) is 18.2 Å². The Labute approximate surface area is 465 Å². The van der Waals surface area contributed by atoms with Crippen LogP contribution in [0.4, 0.5) is 43.9 Å². The van der Waals surface area contributed by atoms with Crippen molar-refractivity contribution in [2.45, 2.75) is 189 Å². The number of hydrogen-bond acceptors (Lipinski definition) is 6. The lowest BCUT2D eigenvalue weighted by molar-refractivity contribution is -0.162. The average molecular weight is 1160 g/mol. The van der Waals surface area contributed by atoms with Gasteiger partial charge in [-0.05, 0) is 186 Å². The van der Waals surface area contributed by atoms with E-state index in [-0.39, 0.29) is 48.5 Å².